The molecule has 1 rings (SSSR count). The Hall–Kier alpha value is -1.42. The van der Waals surface area contributed by atoms with Crippen molar-refractivity contribution >= 4 is 11.9 Å². The number of hydrogen-bond acceptors (Lipinski definition) is 11. The number of carboxylic acids is 1. The van der Waals surface area contributed by atoms with Crippen molar-refractivity contribution in [3.63, 3.8) is 0 Å². The number of carboxylic acid groups (broad SMARTS) is 1. The molecule has 13 heteroatoms. The van der Waals surface area contributed by atoms with E-state index in [1.54, 1.807) is 0 Å². The summed E-state index contributed by atoms with van der Waals surface area (Å²) < 4.78 is 16.2. The Labute approximate surface area is 293 Å². The molecule has 49 heavy (non-hydrogen) atoms. The Morgan fingerprint density at radius 3 is 1.61 bits per heavy atom. The van der Waals surface area contributed by atoms with Gasteiger partial charge < -0.3 is 55.3 Å². The molecular formula is C36H69NO12. The quantitative estimate of drug-likeness (QED) is 0.0487. The van der Waals surface area contributed by atoms with Crippen molar-refractivity contribution in [1.82, 2.24) is 5.32 Å². The summed E-state index contributed by atoms with van der Waals surface area (Å²) in [6.07, 6.45) is 14.5. The molecule has 0 bridgehead atoms. The average molecular weight is 708 g/mol. The number of aliphatic hydroxyl groups is 6. The number of carbonyl (C=O) groups is 2. The van der Waals surface area contributed by atoms with Gasteiger partial charge in [0.05, 0.1) is 25.9 Å². The van der Waals surface area contributed by atoms with E-state index in [4.69, 9.17) is 14.2 Å². The van der Waals surface area contributed by atoms with Crippen LogP contribution in [0.25, 0.3) is 0 Å². The zero-order chi connectivity index (χ0) is 36.5. The molecule has 0 saturated carbocycles. The van der Waals surface area contributed by atoms with Gasteiger partial charge in [0.1, 0.15) is 36.6 Å². The number of ether oxygens (including phenoxy) is 3. The largest absolute Gasteiger partial charge is 0.477 e. The first-order chi connectivity index (χ1) is 23.5. The maximum Gasteiger partial charge on any atom is 0.367 e. The van der Waals surface area contributed by atoms with Crippen LogP contribution in [0.2, 0.25) is 0 Å². The van der Waals surface area contributed by atoms with Crippen LogP contribution in [0.4, 0.5) is 0 Å². The van der Waals surface area contributed by atoms with Crippen LogP contribution in [-0.2, 0) is 23.8 Å². The van der Waals surface area contributed by atoms with Crippen molar-refractivity contribution in [1.29, 1.82) is 0 Å². The standard InChI is InChI=1S/C36H69NO12/c1-3-4-5-6-7-8-9-10-11-12-13-14-15-16-17-18-19-20-21-22-23-47-25-28(40)26-48-36(35(45)46)34(44)32(43)30(37-27(2)39)33(49-36)31(42)29(41)24-38/h28-34,38,40-44H,3-26H2,1-2H3,(H,37,39)(H,45,46)/t28-,29+,30+,31+,32+,33+,34-,36+/m0/s1. The zero-order valence-corrected chi connectivity index (χ0v) is 30.2. The second kappa shape index (κ2) is 27.3. The Kier molecular flexibility index (Phi) is 25.4. The molecule has 0 aromatic heterocycles. The van der Waals surface area contributed by atoms with E-state index in [2.05, 4.69) is 12.2 Å². The molecule has 0 aromatic rings. The van der Waals surface area contributed by atoms with Gasteiger partial charge in [0.15, 0.2) is 0 Å². The SMILES string of the molecule is CCCCCCCCCCCCCCCCCCCCCCOC[C@H](O)CO[C@@]1(C(=O)O)O[C@@H]([C@H](O)[C@H](O)CO)[C@H](NC(C)=O)[C@@H](O)[C@@H]1O. The molecule has 8 atom stereocenters. The van der Waals surface area contributed by atoms with Gasteiger partial charge in [0.2, 0.25) is 5.91 Å². The smallest absolute Gasteiger partial charge is 0.367 e. The highest BCUT2D eigenvalue weighted by Crippen LogP contribution is 2.34. The normalized spacial score (nSPS) is 24.4. The van der Waals surface area contributed by atoms with Crippen LogP contribution < -0.4 is 5.32 Å². The molecule has 1 saturated heterocycles. The first-order valence-corrected chi connectivity index (χ1v) is 18.9. The number of amides is 1. The molecular weight excluding hydrogens is 638 g/mol. The minimum Gasteiger partial charge on any atom is -0.477 e. The molecule has 290 valence electrons. The van der Waals surface area contributed by atoms with Gasteiger partial charge >= 0.3 is 5.97 Å². The summed E-state index contributed by atoms with van der Waals surface area (Å²) in [5.74, 6) is -5.55. The Balaban J connectivity index is 2.20. The first-order valence-electron chi connectivity index (χ1n) is 18.9. The third kappa shape index (κ3) is 18.1. The van der Waals surface area contributed by atoms with E-state index in [9.17, 15) is 45.3 Å². The van der Waals surface area contributed by atoms with Crippen molar-refractivity contribution in [3.8, 4) is 0 Å². The lowest BCUT2D eigenvalue weighted by Crippen LogP contribution is -2.74. The Morgan fingerprint density at radius 1 is 0.755 bits per heavy atom. The predicted octanol–water partition coefficient (Wildman–Crippen LogP) is 3.32. The summed E-state index contributed by atoms with van der Waals surface area (Å²) in [7, 11) is 0. The molecule has 0 spiro atoms. The lowest BCUT2D eigenvalue weighted by molar-refractivity contribution is -0.350. The second-order valence-electron chi connectivity index (χ2n) is 13.7. The summed E-state index contributed by atoms with van der Waals surface area (Å²) in [6, 6.07) is -1.56. The number of carbonyl (C=O) groups excluding carboxylic acids is 1. The molecule has 0 radical (unpaired) electrons. The molecule has 1 fully saturated rings. The van der Waals surface area contributed by atoms with Gasteiger partial charge in [-0.15, -0.1) is 0 Å². The molecule has 1 amide bonds. The van der Waals surface area contributed by atoms with Crippen LogP contribution >= 0.6 is 0 Å². The van der Waals surface area contributed by atoms with E-state index in [1.807, 2.05) is 0 Å². The lowest BCUT2D eigenvalue weighted by Gasteiger charge is -2.49. The van der Waals surface area contributed by atoms with Crippen LogP contribution in [0.1, 0.15) is 142 Å². The molecule has 1 aliphatic rings. The molecule has 1 aliphatic heterocycles. The second-order valence-corrected chi connectivity index (χ2v) is 13.7. The fourth-order valence-corrected chi connectivity index (χ4v) is 6.28. The number of rotatable bonds is 31. The van der Waals surface area contributed by atoms with Crippen LogP contribution in [0.15, 0.2) is 0 Å². The number of nitrogens with one attached hydrogen (secondary N) is 1. The summed E-state index contributed by atoms with van der Waals surface area (Å²) in [5.41, 5.74) is 0. The van der Waals surface area contributed by atoms with Crippen LogP contribution in [0.3, 0.4) is 0 Å². The van der Waals surface area contributed by atoms with E-state index >= 15 is 0 Å². The molecule has 1 heterocycles. The van der Waals surface area contributed by atoms with Crippen LogP contribution in [0, 0.1) is 0 Å². The van der Waals surface area contributed by atoms with Crippen molar-refractivity contribution in [2.75, 3.05) is 26.4 Å². The van der Waals surface area contributed by atoms with Gasteiger partial charge in [-0.25, -0.2) is 4.79 Å². The number of unbranched alkanes of at least 4 members (excludes halogenated alkanes) is 19. The molecule has 0 unspecified atom stereocenters. The fourth-order valence-electron chi connectivity index (χ4n) is 6.28. The lowest BCUT2D eigenvalue weighted by atomic mass is 9.86. The highest BCUT2D eigenvalue weighted by molar-refractivity contribution is 5.77. The summed E-state index contributed by atoms with van der Waals surface area (Å²) in [4.78, 5) is 23.9. The Morgan fingerprint density at radius 2 is 1.20 bits per heavy atom. The third-order valence-electron chi connectivity index (χ3n) is 9.27. The number of aliphatic hydroxyl groups excluding tert-OH is 6. The van der Waals surface area contributed by atoms with Crippen molar-refractivity contribution in [2.24, 2.45) is 0 Å². The zero-order valence-electron chi connectivity index (χ0n) is 30.2. The van der Waals surface area contributed by atoms with Gasteiger partial charge in [-0.2, -0.15) is 0 Å². The van der Waals surface area contributed by atoms with Gasteiger partial charge in [-0.05, 0) is 6.42 Å². The van der Waals surface area contributed by atoms with E-state index in [0.717, 1.165) is 26.2 Å². The highest BCUT2D eigenvalue weighted by atomic mass is 16.7. The summed E-state index contributed by atoms with van der Waals surface area (Å²) in [5, 5.41) is 73.5. The van der Waals surface area contributed by atoms with E-state index in [-0.39, 0.29) is 6.61 Å². The first kappa shape index (κ1) is 45.6. The summed E-state index contributed by atoms with van der Waals surface area (Å²) >= 11 is 0. The van der Waals surface area contributed by atoms with Gasteiger partial charge in [-0.1, -0.05) is 129 Å². The predicted molar refractivity (Wildman–Crippen MR) is 185 cm³/mol. The molecule has 0 aromatic carbocycles. The molecule has 13 nitrogen and oxygen atoms in total. The van der Waals surface area contributed by atoms with Crippen molar-refractivity contribution in [2.45, 2.75) is 191 Å². The maximum atomic E-state index is 12.2. The minimum atomic E-state index is -2.97. The van der Waals surface area contributed by atoms with Crippen molar-refractivity contribution in [3.05, 3.63) is 0 Å². The van der Waals surface area contributed by atoms with Gasteiger partial charge in [0, 0.05) is 13.5 Å². The fraction of sp³-hybridized carbons (Fsp3) is 0.944. The minimum absolute atomic E-state index is 0.183. The molecule has 0 aliphatic carbocycles. The van der Waals surface area contributed by atoms with Gasteiger partial charge in [0.25, 0.3) is 5.79 Å². The monoisotopic (exact) mass is 707 g/mol. The summed E-state index contributed by atoms with van der Waals surface area (Å²) in [6.45, 7) is 1.94. The van der Waals surface area contributed by atoms with E-state index in [0.29, 0.717) is 6.61 Å². The van der Waals surface area contributed by atoms with Gasteiger partial charge in [-0.3, -0.25) is 4.79 Å². The van der Waals surface area contributed by atoms with Crippen LogP contribution in [-0.4, -0.2) is 123 Å². The van der Waals surface area contributed by atoms with Crippen molar-refractivity contribution < 1.29 is 59.5 Å². The number of hydrogen-bond donors (Lipinski definition) is 8. The van der Waals surface area contributed by atoms with E-state index < -0.39 is 73.5 Å². The van der Waals surface area contributed by atoms with E-state index in [1.165, 1.54) is 109 Å². The number of aliphatic carboxylic acids is 1. The molecule has 8 N–H and O–H groups in total. The Bertz CT molecular complexity index is 851. The third-order valence-corrected chi connectivity index (χ3v) is 9.27. The highest BCUT2D eigenvalue weighted by Gasteiger charge is 2.62. The maximum absolute atomic E-state index is 12.2. The topological polar surface area (TPSA) is 215 Å². The average Bonchev–Trinajstić information content (AvgIpc) is 3.07. The van der Waals surface area contributed by atoms with Crippen LogP contribution in [0.5, 0.6) is 0 Å².